The van der Waals surface area contributed by atoms with Gasteiger partial charge in [0.2, 0.25) is 5.91 Å². The molecule has 0 saturated carbocycles. The van der Waals surface area contributed by atoms with Gasteiger partial charge in [0.15, 0.2) is 5.69 Å². The summed E-state index contributed by atoms with van der Waals surface area (Å²) >= 11 is 0. The lowest BCUT2D eigenvalue weighted by atomic mass is 9.83. The SMILES string of the molecule is CNC(=O)[C@@H](N(C(=O)c1ncn2c1CN(C)CC2)C1CC=CC1)C(C)(C)C. The van der Waals surface area contributed by atoms with Gasteiger partial charge in [0.05, 0.1) is 12.0 Å². The molecule has 7 nitrogen and oxygen atoms in total. The maximum absolute atomic E-state index is 13.7. The number of amides is 2. The van der Waals surface area contributed by atoms with E-state index in [9.17, 15) is 9.59 Å². The molecule has 7 heteroatoms. The van der Waals surface area contributed by atoms with Crippen molar-refractivity contribution in [1.29, 1.82) is 0 Å². The molecule has 0 bridgehead atoms. The molecular formula is C20H31N5O2. The van der Waals surface area contributed by atoms with E-state index in [2.05, 4.69) is 31.9 Å². The van der Waals surface area contributed by atoms with Gasteiger partial charge < -0.3 is 14.8 Å². The first-order valence-electron chi connectivity index (χ1n) is 9.65. The predicted molar refractivity (Wildman–Crippen MR) is 104 cm³/mol. The van der Waals surface area contributed by atoms with Crippen LogP contribution in [0.5, 0.6) is 0 Å². The Kier molecular flexibility index (Phi) is 5.42. The maximum atomic E-state index is 13.7. The van der Waals surface area contributed by atoms with Gasteiger partial charge in [-0.15, -0.1) is 0 Å². The first-order valence-corrected chi connectivity index (χ1v) is 9.65. The van der Waals surface area contributed by atoms with Gasteiger partial charge in [-0.2, -0.15) is 0 Å². The van der Waals surface area contributed by atoms with Crippen LogP contribution in [0.3, 0.4) is 0 Å². The molecule has 1 aliphatic heterocycles. The zero-order valence-corrected chi connectivity index (χ0v) is 17.0. The van der Waals surface area contributed by atoms with E-state index in [0.717, 1.165) is 31.6 Å². The number of nitrogens with zero attached hydrogens (tertiary/aromatic N) is 4. The standard InChI is InChI=1S/C20H31N5O2/c1-20(2,3)17(18(26)21-4)25(14-8-6-7-9-14)19(27)16-15-12-23(5)10-11-24(15)13-22-16/h6-7,13-14,17H,8-12H2,1-5H3,(H,21,26)/t17-/m1/s1. The minimum absolute atomic E-state index is 0.0160. The van der Waals surface area contributed by atoms with E-state index in [4.69, 9.17) is 0 Å². The zero-order chi connectivity index (χ0) is 19.8. The normalized spacial score (nSPS) is 19.0. The first kappa shape index (κ1) is 19.6. The number of imidazole rings is 1. The lowest BCUT2D eigenvalue weighted by molar-refractivity contribution is -0.129. The van der Waals surface area contributed by atoms with Crippen LogP contribution in [-0.2, 0) is 17.9 Å². The smallest absolute Gasteiger partial charge is 0.275 e. The molecule has 1 atom stereocenters. The molecule has 0 radical (unpaired) electrons. The number of carbonyl (C=O) groups is 2. The number of aromatic nitrogens is 2. The maximum Gasteiger partial charge on any atom is 0.275 e. The van der Waals surface area contributed by atoms with Crippen LogP contribution in [0, 0.1) is 5.41 Å². The third-order valence-corrected chi connectivity index (χ3v) is 5.50. The fourth-order valence-corrected chi connectivity index (χ4v) is 4.08. The molecule has 1 N–H and O–H groups in total. The van der Waals surface area contributed by atoms with Crippen molar-refractivity contribution in [2.24, 2.45) is 5.41 Å². The van der Waals surface area contributed by atoms with Crippen molar-refractivity contribution >= 4 is 11.8 Å². The average Bonchev–Trinajstić information content (AvgIpc) is 3.26. The highest BCUT2D eigenvalue weighted by molar-refractivity contribution is 5.97. The summed E-state index contributed by atoms with van der Waals surface area (Å²) in [7, 11) is 3.68. The van der Waals surface area contributed by atoms with Crippen LogP contribution >= 0.6 is 0 Å². The minimum Gasteiger partial charge on any atom is -0.357 e. The van der Waals surface area contributed by atoms with Crippen LogP contribution < -0.4 is 5.32 Å². The fourth-order valence-electron chi connectivity index (χ4n) is 4.08. The molecule has 3 rings (SSSR count). The summed E-state index contributed by atoms with van der Waals surface area (Å²) < 4.78 is 2.06. The lowest BCUT2D eigenvalue weighted by Gasteiger charge is -2.42. The van der Waals surface area contributed by atoms with Crippen LogP contribution in [0.25, 0.3) is 0 Å². The van der Waals surface area contributed by atoms with Crippen LogP contribution in [0.1, 0.15) is 49.8 Å². The van der Waals surface area contributed by atoms with Gasteiger partial charge in [0.25, 0.3) is 5.91 Å². The van der Waals surface area contributed by atoms with Crippen molar-refractivity contribution in [3.8, 4) is 0 Å². The summed E-state index contributed by atoms with van der Waals surface area (Å²) in [6.07, 6.45) is 7.47. The van der Waals surface area contributed by atoms with Gasteiger partial charge in [-0.05, 0) is 25.3 Å². The fraction of sp³-hybridized carbons (Fsp3) is 0.650. The summed E-state index contributed by atoms with van der Waals surface area (Å²) in [4.78, 5) is 35.0. The molecule has 0 fully saturated rings. The van der Waals surface area contributed by atoms with E-state index in [1.807, 2.05) is 27.8 Å². The second-order valence-electron chi connectivity index (χ2n) is 8.66. The van der Waals surface area contributed by atoms with Crippen molar-refractivity contribution in [3.63, 3.8) is 0 Å². The molecule has 0 spiro atoms. The quantitative estimate of drug-likeness (QED) is 0.815. The molecule has 1 aromatic heterocycles. The number of fused-ring (bicyclic) bond motifs is 1. The monoisotopic (exact) mass is 373 g/mol. The minimum atomic E-state index is -0.557. The van der Waals surface area contributed by atoms with Gasteiger partial charge in [-0.25, -0.2) is 4.98 Å². The van der Waals surface area contributed by atoms with Crippen LogP contribution in [-0.4, -0.2) is 63.9 Å². The van der Waals surface area contributed by atoms with Crippen molar-refractivity contribution in [1.82, 2.24) is 24.7 Å². The highest BCUT2D eigenvalue weighted by Gasteiger charge is 2.43. The Morgan fingerprint density at radius 3 is 2.52 bits per heavy atom. The summed E-state index contributed by atoms with van der Waals surface area (Å²) in [6, 6.07) is -0.573. The second kappa shape index (κ2) is 7.46. The molecular weight excluding hydrogens is 342 g/mol. The van der Waals surface area contributed by atoms with Gasteiger partial charge in [0, 0.05) is 32.7 Å². The summed E-state index contributed by atoms with van der Waals surface area (Å²) in [5, 5.41) is 2.76. The largest absolute Gasteiger partial charge is 0.357 e. The van der Waals surface area contributed by atoms with E-state index in [0.29, 0.717) is 12.2 Å². The van der Waals surface area contributed by atoms with E-state index < -0.39 is 11.5 Å². The molecule has 2 aliphatic rings. The van der Waals surface area contributed by atoms with Crippen LogP contribution in [0.2, 0.25) is 0 Å². The van der Waals surface area contributed by atoms with Crippen molar-refractivity contribution in [2.45, 2.75) is 58.8 Å². The molecule has 1 aliphatic carbocycles. The first-order chi connectivity index (χ1) is 12.7. The van der Waals surface area contributed by atoms with Crippen molar-refractivity contribution in [3.05, 3.63) is 29.9 Å². The zero-order valence-electron chi connectivity index (χ0n) is 17.0. The van der Waals surface area contributed by atoms with Gasteiger partial charge in [0.1, 0.15) is 6.04 Å². The lowest BCUT2D eigenvalue weighted by Crippen LogP contribution is -2.58. The Morgan fingerprint density at radius 2 is 1.93 bits per heavy atom. The number of rotatable bonds is 4. The number of carbonyl (C=O) groups excluding carboxylic acids is 2. The average molecular weight is 374 g/mol. The summed E-state index contributed by atoms with van der Waals surface area (Å²) in [5.74, 6) is -0.274. The molecule has 0 saturated heterocycles. The molecule has 2 heterocycles. The second-order valence-corrected chi connectivity index (χ2v) is 8.66. The highest BCUT2D eigenvalue weighted by Crippen LogP contribution is 2.32. The Bertz CT molecular complexity index is 738. The number of hydrogen-bond donors (Lipinski definition) is 1. The number of hydrogen-bond acceptors (Lipinski definition) is 4. The van der Waals surface area contributed by atoms with Crippen molar-refractivity contribution < 1.29 is 9.59 Å². The highest BCUT2D eigenvalue weighted by atomic mass is 16.2. The van der Waals surface area contributed by atoms with Crippen LogP contribution in [0.15, 0.2) is 18.5 Å². The van der Waals surface area contributed by atoms with Gasteiger partial charge in [-0.1, -0.05) is 32.9 Å². The third-order valence-electron chi connectivity index (χ3n) is 5.50. The summed E-state index contributed by atoms with van der Waals surface area (Å²) in [6.45, 7) is 8.48. The topological polar surface area (TPSA) is 70.5 Å². The van der Waals surface area contributed by atoms with E-state index >= 15 is 0 Å². The van der Waals surface area contributed by atoms with Crippen LogP contribution in [0.4, 0.5) is 0 Å². The molecule has 148 valence electrons. The Morgan fingerprint density at radius 1 is 1.26 bits per heavy atom. The van der Waals surface area contributed by atoms with Gasteiger partial charge in [-0.3, -0.25) is 14.5 Å². The third kappa shape index (κ3) is 3.78. The molecule has 0 aromatic carbocycles. The Labute approximate surface area is 161 Å². The number of nitrogens with one attached hydrogen (secondary N) is 1. The molecule has 27 heavy (non-hydrogen) atoms. The molecule has 0 unspecified atom stereocenters. The predicted octanol–water partition coefficient (Wildman–Crippen LogP) is 1.65. The number of likely N-dealkylation sites (N-methyl/N-ethyl adjacent to an activating group) is 2. The molecule has 2 amide bonds. The van der Waals surface area contributed by atoms with E-state index in [1.54, 1.807) is 18.3 Å². The van der Waals surface area contributed by atoms with E-state index in [-0.39, 0.29) is 17.9 Å². The van der Waals surface area contributed by atoms with Crippen molar-refractivity contribution in [2.75, 3.05) is 20.6 Å². The summed E-state index contributed by atoms with van der Waals surface area (Å²) in [5.41, 5.74) is 1.02. The Hall–Kier alpha value is -2.15. The van der Waals surface area contributed by atoms with Gasteiger partial charge >= 0.3 is 0 Å². The van der Waals surface area contributed by atoms with E-state index in [1.165, 1.54) is 0 Å². The molecule has 1 aromatic rings. The Balaban J connectivity index is 2.02.